The number of aliphatic hydroxyl groups is 1. The molecule has 0 aromatic carbocycles. The molecule has 5 heteroatoms. The summed E-state index contributed by atoms with van der Waals surface area (Å²) in [6.45, 7) is 1.90. The van der Waals surface area contributed by atoms with E-state index in [4.69, 9.17) is 4.52 Å². The van der Waals surface area contributed by atoms with Crippen LogP contribution in [0.2, 0.25) is 0 Å². The SMILES string of the molecule is CCC(O)Cc1nc(-c2ccccn2)no1. The van der Waals surface area contributed by atoms with Gasteiger partial charge in [-0.25, -0.2) is 0 Å². The van der Waals surface area contributed by atoms with Gasteiger partial charge in [-0.05, 0) is 18.6 Å². The smallest absolute Gasteiger partial charge is 0.229 e. The Morgan fingerprint density at radius 2 is 2.31 bits per heavy atom. The Kier molecular flexibility index (Phi) is 3.26. The van der Waals surface area contributed by atoms with E-state index >= 15 is 0 Å². The van der Waals surface area contributed by atoms with Crippen molar-refractivity contribution < 1.29 is 9.63 Å². The molecule has 0 aliphatic carbocycles. The molecule has 16 heavy (non-hydrogen) atoms. The quantitative estimate of drug-likeness (QED) is 0.842. The van der Waals surface area contributed by atoms with Crippen molar-refractivity contribution in [2.45, 2.75) is 25.9 Å². The maximum absolute atomic E-state index is 9.45. The molecule has 1 N–H and O–H groups in total. The second-order valence-corrected chi connectivity index (χ2v) is 3.49. The maximum atomic E-state index is 9.45. The van der Waals surface area contributed by atoms with Crippen molar-refractivity contribution in [3.05, 3.63) is 30.3 Å². The van der Waals surface area contributed by atoms with Gasteiger partial charge in [0.1, 0.15) is 5.69 Å². The molecule has 2 rings (SSSR count). The summed E-state index contributed by atoms with van der Waals surface area (Å²) in [5.41, 5.74) is 0.670. The van der Waals surface area contributed by atoms with Crippen molar-refractivity contribution in [1.82, 2.24) is 15.1 Å². The number of aliphatic hydroxyl groups excluding tert-OH is 1. The number of rotatable bonds is 4. The first kappa shape index (κ1) is 10.8. The lowest BCUT2D eigenvalue weighted by molar-refractivity contribution is 0.158. The fourth-order valence-corrected chi connectivity index (χ4v) is 1.28. The summed E-state index contributed by atoms with van der Waals surface area (Å²) in [7, 11) is 0. The molecule has 1 atom stereocenters. The topological polar surface area (TPSA) is 72.0 Å². The molecule has 0 amide bonds. The molecule has 2 heterocycles. The Morgan fingerprint density at radius 3 is 3.00 bits per heavy atom. The Labute approximate surface area is 93.1 Å². The monoisotopic (exact) mass is 219 g/mol. The second kappa shape index (κ2) is 4.85. The van der Waals surface area contributed by atoms with Crippen molar-refractivity contribution in [3.63, 3.8) is 0 Å². The number of hydrogen-bond donors (Lipinski definition) is 1. The van der Waals surface area contributed by atoms with Crippen LogP contribution in [0.15, 0.2) is 28.9 Å². The average molecular weight is 219 g/mol. The zero-order chi connectivity index (χ0) is 11.4. The number of hydrogen-bond acceptors (Lipinski definition) is 5. The normalized spacial score (nSPS) is 12.6. The highest BCUT2D eigenvalue weighted by atomic mass is 16.5. The summed E-state index contributed by atoms with van der Waals surface area (Å²) in [4.78, 5) is 8.28. The van der Waals surface area contributed by atoms with Crippen LogP contribution >= 0.6 is 0 Å². The standard InChI is InChI=1S/C11H13N3O2/c1-2-8(15)7-10-13-11(14-16-10)9-5-3-4-6-12-9/h3-6,8,15H,2,7H2,1H3. The molecule has 2 aromatic rings. The summed E-state index contributed by atoms with van der Waals surface area (Å²) < 4.78 is 5.03. The van der Waals surface area contributed by atoms with Crippen molar-refractivity contribution in [2.24, 2.45) is 0 Å². The van der Waals surface area contributed by atoms with Crippen LogP contribution in [0.3, 0.4) is 0 Å². The summed E-state index contributed by atoms with van der Waals surface area (Å²) in [5, 5.41) is 13.3. The third-order valence-corrected chi connectivity index (χ3v) is 2.24. The van der Waals surface area contributed by atoms with E-state index in [1.807, 2.05) is 25.1 Å². The van der Waals surface area contributed by atoms with E-state index in [0.29, 0.717) is 30.3 Å². The van der Waals surface area contributed by atoms with Gasteiger partial charge in [-0.1, -0.05) is 18.1 Å². The van der Waals surface area contributed by atoms with E-state index in [9.17, 15) is 5.11 Å². The first-order valence-electron chi connectivity index (χ1n) is 5.21. The third-order valence-electron chi connectivity index (χ3n) is 2.24. The second-order valence-electron chi connectivity index (χ2n) is 3.49. The van der Waals surface area contributed by atoms with E-state index in [1.165, 1.54) is 0 Å². The molecule has 0 fully saturated rings. The van der Waals surface area contributed by atoms with Gasteiger partial charge in [-0.15, -0.1) is 0 Å². The fourth-order valence-electron chi connectivity index (χ4n) is 1.28. The fraction of sp³-hybridized carbons (Fsp3) is 0.364. The molecule has 0 saturated carbocycles. The van der Waals surface area contributed by atoms with Gasteiger partial charge in [-0.2, -0.15) is 4.98 Å². The van der Waals surface area contributed by atoms with Gasteiger partial charge in [0.05, 0.1) is 12.5 Å². The van der Waals surface area contributed by atoms with E-state index < -0.39 is 6.10 Å². The molecule has 0 spiro atoms. The van der Waals surface area contributed by atoms with Crippen LogP contribution < -0.4 is 0 Å². The van der Waals surface area contributed by atoms with Crippen LogP contribution in [0.5, 0.6) is 0 Å². The predicted octanol–water partition coefficient (Wildman–Crippen LogP) is 1.45. The first-order valence-corrected chi connectivity index (χ1v) is 5.21. The zero-order valence-electron chi connectivity index (χ0n) is 9.00. The minimum absolute atomic E-state index is 0.385. The maximum Gasteiger partial charge on any atom is 0.229 e. The number of aromatic nitrogens is 3. The van der Waals surface area contributed by atoms with Crippen molar-refractivity contribution in [2.75, 3.05) is 0 Å². The van der Waals surface area contributed by atoms with Gasteiger partial charge in [0.25, 0.3) is 0 Å². The highest BCUT2D eigenvalue weighted by Gasteiger charge is 2.12. The molecule has 0 saturated heterocycles. The molecule has 0 aliphatic heterocycles. The molecule has 0 bridgehead atoms. The molecule has 0 aliphatic rings. The summed E-state index contributed by atoms with van der Waals surface area (Å²) in [6, 6.07) is 5.50. The largest absolute Gasteiger partial charge is 0.393 e. The molecule has 5 nitrogen and oxygen atoms in total. The summed E-state index contributed by atoms with van der Waals surface area (Å²) >= 11 is 0. The van der Waals surface area contributed by atoms with Crippen LogP contribution in [-0.2, 0) is 6.42 Å². The highest BCUT2D eigenvalue weighted by Crippen LogP contribution is 2.13. The van der Waals surface area contributed by atoms with Crippen molar-refractivity contribution in [1.29, 1.82) is 0 Å². The number of pyridine rings is 1. The minimum atomic E-state index is -0.433. The molecule has 1 unspecified atom stereocenters. The van der Waals surface area contributed by atoms with Crippen LogP contribution in [0.1, 0.15) is 19.2 Å². The third kappa shape index (κ3) is 2.43. The zero-order valence-corrected chi connectivity index (χ0v) is 9.00. The average Bonchev–Trinajstić information content (AvgIpc) is 2.78. The minimum Gasteiger partial charge on any atom is -0.393 e. The highest BCUT2D eigenvalue weighted by molar-refractivity contribution is 5.46. The lowest BCUT2D eigenvalue weighted by atomic mass is 10.2. The molecular formula is C11H13N3O2. The summed E-state index contributed by atoms with van der Waals surface area (Å²) in [6.07, 6.45) is 2.29. The Morgan fingerprint density at radius 1 is 1.44 bits per heavy atom. The molecule has 84 valence electrons. The van der Waals surface area contributed by atoms with Gasteiger partial charge >= 0.3 is 0 Å². The molecule has 2 aromatic heterocycles. The van der Waals surface area contributed by atoms with Crippen molar-refractivity contribution in [3.8, 4) is 11.5 Å². The van der Waals surface area contributed by atoms with E-state index in [1.54, 1.807) is 6.20 Å². The first-order chi connectivity index (χ1) is 7.79. The van der Waals surface area contributed by atoms with Gasteiger partial charge in [0, 0.05) is 6.20 Å². The predicted molar refractivity (Wildman–Crippen MR) is 57.5 cm³/mol. The lowest BCUT2D eigenvalue weighted by Gasteiger charge is -2.01. The Balaban J connectivity index is 2.14. The van der Waals surface area contributed by atoms with E-state index in [2.05, 4.69) is 15.1 Å². The van der Waals surface area contributed by atoms with Crippen LogP contribution in [0.25, 0.3) is 11.5 Å². The summed E-state index contributed by atoms with van der Waals surface area (Å²) in [5.74, 6) is 0.897. The van der Waals surface area contributed by atoms with Crippen LogP contribution in [0.4, 0.5) is 0 Å². The van der Waals surface area contributed by atoms with Crippen LogP contribution in [0, 0.1) is 0 Å². The van der Waals surface area contributed by atoms with Crippen molar-refractivity contribution >= 4 is 0 Å². The van der Waals surface area contributed by atoms with E-state index in [0.717, 1.165) is 0 Å². The van der Waals surface area contributed by atoms with E-state index in [-0.39, 0.29) is 0 Å². The van der Waals surface area contributed by atoms with Gasteiger partial charge in [0.15, 0.2) is 0 Å². The lowest BCUT2D eigenvalue weighted by Crippen LogP contribution is -2.08. The van der Waals surface area contributed by atoms with Crippen LogP contribution in [-0.4, -0.2) is 26.3 Å². The van der Waals surface area contributed by atoms with Gasteiger partial charge in [-0.3, -0.25) is 4.98 Å². The van der Waals surface area contributed by atoms with Gasteiger partial charge in [0.2, 0.25) is 11.7 Å². The van der Waals surface area contributed by atoms with Gasteiger partial charge < -0.3 is 9.63 Å². The number of nitrogens with zero attached hydrogens (tertiary/aromatic N) is 3. The molecule has 0 radical (unpaired) electrons. The molecular weight excluding hydrogens is 206 g/mol. The Hall–Kier alpha value is -1.75. The Bertz CT molecular complexity index is 442.